The number of rotatable bonds is 17. The van der Waals surface area contributed by atoms with Crippen LogP contribution in [0.4, 0.5) is 0 Å². The fraction of sp³-hybridized carbons (Fsp3) is 0.547. The number of ether oxygens (including phenoxy) is 5. The summed E-state index contributed by atoms with van der Waals surface area (Å²) in [6.45, 7) is 33.4. The molecular formula is C64H88O9Si2. The van der Waals surface area contributed by atoms with Crippen LogP contribution in [0.1, 0.15) is 121 Å². The Morgan fingerprint density at radius 1 is 0.627 bits per heavy atom. The van der Waals surface area contributed by atoms with Crippen LogP contribution < -0.4 is 20.7 Å². The zero-order chi connectivity index (χ0) is 53.9. The Balaban J connectivity index is 1.04. The van der Waals surface area contributed by atoms with E-state index < -0.39 is 34.3 Å². The standard InChI is InChI=1S/C64H88O9Si2/c1-43-38-47(34-35-53-44(2)39-48(70-53)42-67-61(66)62(5,6)7)69-55(45(43)3)40-57-59(65)46(4)60-58(71-57)41-56(73-75(64(11,12)13,51-30-22-16-23-31-51)52-32-24-17-25-33-52)54(72-60)36-37-68-74(63(8,9)10,49-26-18-14-19-27-49)50-28-20-15-21-29-50/h14-33,43,46-48,53-60,65H,2-3,34-42H2,1,4-13H3/t43-,46-,47+,48-,53+,54-,55-,56-,57+,58+,59-,60+/m1/s1. The highest BCUT2D eigenvalue weighted by molar-refractivity contribution is 7.00. The molecule has 4 aromatic rings. The zero-order valence-electron chi connectivity index (χ0n) is 47.0. The van der Waals surface area contributed by atoms with Gasteiger partial charge < -0.3 is 37.6 Å². The van der Waals surface area contributed by atoms with Gasteiger partial charge in [-0.2, -0.15) is 0 Å². The summed E-state index contributed by atoms with van der Waals surface area (Å²) in [6, 6.07) is 43.3. The summed E-state index contributed by atoms with van der Waals surface area (Å²) in [7, 11) is -5.95. The van der Waals surface area contributed by atoms with Crippen LogP contribution in [0.25, 0.3) is 0 Å². The van der Waals surface area contributed by atoms with Gasteiger partial charge in [0.25, 0.3) is 16.6 Å². The molecule has 0 aromatic heterocycles. The van der Waals surface area contributed by atoms with Crippen LogP contribution in [0.15, 0.2) is 146 Å². The van der Waals surface area contributed by atoms with Crippen LogP contribution >= 0.6 is 0 Å². The van der Waals surface area contributed by atoms with Crippen molar-refractivity contribution in [3.05, 3.63) is 146 Å². The van der Waals surface area contributed by atoms with Crippen molar-refractivity contribution in [2.75, 3.05) is 13.2 Å². The Labute approximate surface area is 452 Å². The van der Waals surface area contributed by atoms with Crippen LogP contribution in [-0.2, 0) is 37.3 Å². The van der Waals surface area contributed by atoms with Crippen molar-refractivity contribution in [1.82, 2.24) is 0 Å². The molecule has 4 aliphatic rings. The van der Waals surface area contributed by atoms with E-state index in [1.54, 1.807) is 0 Å². The molecule has 4 aliphatic heterocycles. The molecule has 0 amide bonds. The van der Waals surface area contributed by atoms with E-state index in [-0.39, 0.29) is 83.3 Å². The third-order valence-corrected chi connectivity index (χ3v) is 26.9. The number of benzene rings is 4. The van der Waals surface area contributed by atoms with E-state index in [0.29, 0.717) is 32.3 Å². The van der Waals surface area contributed by atoms with Gasteiger partial charge in [-0.1, -0.05) is 190 Å². The van der Waals surface area contributed by atoms with Crippen molar-refractivity contribution < 1.29 is 42.4 Å². The molecule has 4 aromatic carbocycles. The molecule has 9 nitrogen and oxygen atoms in total. The normalized spacial score (nSPS) is 29.0. The van der Waals surface area contributed by atoms with Crippen molar-refractivity contribution >= 4 is 43.4 Å². The summed E-state index contributed by atoms with van der Waals surface area (Å²) in [5.41, 5.74) is 1.50. The van der Waals surface area contributed by atoms with Gasteiger partial charge in [0.1, 0.15) is 6.61 Å². The van der Waals surface area contributed by atoms with E-state index in [9.17, 15) is 9.90 Å². The second kappa shape index (κ2) is 23.5. The summed E-state index contributed by atoms with van der Waals surface area (Å²) in [5.74, 6) is -0.232. The average Bonchev–Trinajstić information content (AvgIpc) is 3.75. The first-order chi connectivity index (χ1) is 35.5. The first-order valence-electron chi connectivity index (χ1n) is 27.9. The maximum absolute atomic E-state index is 12.5. The molecule has 0 radical (unpaired) electrons. The molecule has 0 unspecified atom stereocenters. The maximum Gasteiger partial charge on any atom is 0.311 e. The average molecular weight is 1060 g/mol. The summed E-state index contributed by atoms with van der Waals surface area (Å²) in [6.07, 6.45) is 1.42. The quantitative estimate of drug-likeness (QED) is 0.0629. The summed E-state index contributed by atoms with van der Waals surface area (Å²) in [4.78, 5) is 12.5. The lowest BCUT2D eigenvalue weighted by atomic mass is 9.79. The molecule has 0 aliphatic carbocycles. The molecule has 0 spiro atoms. The number of hydrogen-bond donors (Lipinski definition) is 1. The molecule has 12 atom stereocenters. The third kappa shape index (κ3) is 12.3. The lowest BCUT2D eigenvalue weighted by Gasteiger charge is -2.53. The molecule has 4 saturated heterocycles. The second-order valence-electron chi connectivity index (χ2n) is 25.3. The van der Waals surface area contributed by atoms with Crippen LogP contribution in [-0.4, -0.2) is 102 Å². The molecule has 1 N–H and O–H groups in total. The maximum atomic E-state index is 12.5. The Bertz CT molecular complexity index is 2420. The minimum atomic E-state index is -3.08. The molecule has 11 heteroatoms. The van der Waals surface area contributed by atoms with Crippen molar-refractivity contribution in [1.29, 1.82) is 0 Å². The number of carbonyl (C=O) groups excluding carboxylic acids is 1. The largest absolute Gasteiger partial charge is 0.463 e. The van der Waals surface area contributed by atoms with Gasteiger partial charge in [0, 0.05) is 31.8 Å². The molecule has 406 valence electrons. The topological polar surface area (TPSA) is 102 Å². The second-order valence-corrected chi connectivity index (χ2v) is 33.8. The van der Waals surface area contributed by atoms with Gasteiger partial charge >= 0.3 is 5.97 Å². The van der Waals surface area contributed by atoms with E-state index in [2.05, 4.69) is 190 Å². The molecule has 75 heavy (non-hydrogen) atoms. The third-order valence-electron chi connectivity index (χ3n) is 16.8. The molecule has 8 rings (SSSR count). The van der Waals surface area contributed by atoms with Crippen molar-refractivity contribution in [3.63, 3.8) is 0 Å². The fourth-order valence-corrected chi connectivity index (χ4v) is 21.9. The van der Waals surface area contributed by atoms with Gasteiger partial charge in [-0.25, -0.2) is 0 Å². The van der Waals surface area contributed by atoms with Crippen LogP contribution in [0, 0.1) is 17.3 Å². The van der Waals surface area contributed by atoms with E-state index in [4.69, 9.17) is 32.5 Å². The number of carbonyl (C=O) groups is 1. The van der Waals surface area contributed by atoms with E-state index in [0.717, 1.165) is 30.4 Å². The number of hydrogen-bond acceptors (Lipinski definition) is 9. The molecule has 0 bridgehead atoms. The fourth-order valence-electron chi connectivity index (χ4n) is 12.6. The molecule has 0 saturated carbocycles. The van der Waals surface area contributed by atoms with Gasteiger partial charge in [-0.3, -0.25) is 4.79 Å². The van der Waals surface area contributed by atoms with Crippen LogP contribution in [0.3, 0.4) is 0 Å². The van der Waals surface area contributed by atoms with Crippen LogP contribution in [0.2, 0.25) is 10.1 Å². The number of aliphatic hydroxyl groups excluding tert-OH is 1. The van der Waals surface area contributed by atoms with Crippen molar-refractivity contribution in [2.24, 2.45) is 17.3 Å². The number of fused-ring (bicyclic) bond motifs is 1. The van der Waals surface area contributed by atoms with Gasteiger partial charge in [-0.15, -0.1) is 0 Å². The SMILES string of the molecule is C=C1C[C@H](COC(=O)C(C)(C)C)O[C@H]1CC[C@H]1C[C@@H](C)C(=C)[C@@H](C[C@@H]2O[C@H]3C[C@@H](O[Si](c4ccccc4)(c4ccccc4)C(C)(C)C)[C@@H](CCO[Si](c4ccccc4)(c4ccccc4)C(C)(C)C)O[C@H]3[C@H](C)[C@H]2O)O1. The minimum Gasteiger partial charge on any atom is -0.463 e. The molecule has 4 heterocycles. The summed E-state index contributed by atoms with van der Waals surface area (Å²) in [5, 5.41) is 16.8. The Morgan fingerprint density at radius 2 is 1.13 bits per heavy atom. The Morgan fingerprint density at radius 3 is 1.64 bits per heavy atom. The highest BCUT2D eigenvalue weighted by atomic mass is 28.4. The predicted octanol–water partition coefficient (Wildman–Crippen LogP) is 10.6. The van der Waals surface area contributed by atoms with Gasteiger partial charge in [0.05, 0.1) is 66.5 Å². The van der Waals surface area contributed by atoms with Crippen LogP contribution in [0.5, 0.6) is 0 Å². The predicted molar refractivity (Wildman–Crippen MR) is 306 cm³/mol. The van der Waals surface area contributed by atoms with E-state index in [1.807, 2.05) is 20.8 Å². The number of esters is 1. The van der Waals surface area contributed by atoms with Gasteiger partial charge in [0.2, 0.25) is 0 Å². The first-order valence-corrected chi connectivity index (χ1v) is 31.7. The number of aliphatic hydroxyl groups is 1. The summed E-state index contributed by atoms with van der Waals surface area (Å²) < 4.78 is 49.1. The lowest BCUT2D eigenvalue weighted by molar-refractivity contribution is -0.267. The van der Waals surface area contributed by atoms with Crippen molar-refractivity contribution in [2.45, 2.75) is 192 Å². The van der Waals surface area contributed by atoms with E-state index in [1.165, 1.54) is 20.7 Å². The molecule has 4 fully saturated rings. The zero-order valence-corrected chi connectivity index (χ0v) is 49.0. The Hall–Kier alpha value is -4.02. The summed E-state index contributed by atoms with van der Waals surface area (Å²) >= 11 is 0. The smallest absolute Gasteiger partial charge is 0.311 e. The Kier molecular flexibility index (Phi) is 17.9. The van der Waals surface area contributed by atoms with Crippen molar-refractivity contribution in [3.8, 4) is 0 Å². The highest BCUT2D eigenvalue weighted by Crippen LogP contribution is 2.45. The van der Waals surface area contributed by atoms with E-state index >= 15 is 0 Å². The first kappa shape index (κ1) is 57.2. The van der Waals surface area contributed by atoms with Gasteiger partial charge in [0.15, 0.2) is 0 Å². The highest BCUT2D eigenvalue weighted by Gasteiger charge is 2.57. The monoisotopic (exact) mass is 1060 g/mol. The minimum absolute atomic E-state index is 0.0235. The lowest BCUT2D eigenvalue weighted by Crippen LogP contribution is -2.70. The van der Waals surface area contributed by atoms with Gasteiger partial charge in [-0.05, 0) is 94.3 Å². The molecular weight excluding hydrogens is 969 g/mol.